The van der Waals surface area contributed by atoms with Crippen LogP contribution in [0, 0.1) is 0 Å². The van der Waals surface area contributed by atoms with Crippen LogP contribution in [0.25, 0.3) is 16.7 Å². The van der Waals surface area contributed by atoms with Crippen LogP contribution in [0.2, 0.25) is 0 Å². The lowest BCUT2D eigenvalue weighted by Crippen LogP contribution is -2.10. The zero-order valence-electron chi connectivity index (χ0n) is 17.2. The third-order valence-electron chi connectivity index (χ3n) is 5.10. The Balaban J connectivity index is 1.68. The molecule has 0 saturated heterocycles. The van der Waals surface area contributed by atoms with E-state index in [0.29, 0.717) is 29.2 Å². The number of anilines is 2. The third-order valence-corrected chi connectivity index (χ3v) is 5.10. The minimum Gasteiger partial charge on any atom is -0.493 e. The number of hydrogen-bond acceptors (Lipinski definition) is 5. The van der Waals surface area contributed by atoms with Crippen molar-refractivity contribution in [3.63, 3.8) is 0 Å². The first-order valence-corrected chi connectivity index (χ1v) is 9.73. The van der Waals surface area contributed by atoms with Crippen LogP contribution in [0.4, 0.5) is 11.4 Å². The monoisotopic (exact) mass is 401 g/mol. The van der Waals surface area contributed by atoms with Crippen LogP contribution in [0.3, 0.4) is 0 Å². The van der Waals surface area contributed by atoms with Gasteiger partial charge in [-0.1, -0.05) is 25.1 Å². The summed E-state index contributed by atoms with van der Waals surface area (Å²) in [7, 11) is 3.16. The summed E-state index contributed by atoms with van der Waals surface area (Å²) in [6.07, 6.45) is 4.26. The Kier molecular flexibility index (Phi) is 5.39. The van der Waals surface area contributed by atoms with Crippen LogP contribution < -0.4 is 20.1 Å². The van der Waals surface area contributed by atoms with E-state index in [4.69, 9.17) is 9.47 Å². The van der Waals surface area contributed by atoms with Crippen molar-refractivity contribution < 1.29 is 14.3 Å². The Morgan fingerprint density at radius 3 is 2.40 bits per heavy atom. The molecule has 30 heavy (non-hydrogen) atoms. The molecule has 0 radical (unpaired) electrons. The van der Waals surface area contributed by atoms with Gasteiger partial charge in [-0.2, -0.15) is 0 Å². The van der Waals surface area contributed by atoms with E-state index < -0.39 is 0 Å². The number of benzene rings is 2. The minimum absolute atomic E-state index is 0.142. The van der Waals surface area contributed by atoms with Crippen LogP contribution in [0.15, 0.2) is 66.6 Å². The van der Waals surface area contributed by atoms with Crippen LogP contribution in [0.1, 0.15) is 18.9 Å². The molecule has 2 heterocycles. The van der Waals surface area contributed by atoms with Gasteiger partial charge in [-0.15, -0.1) is 0 Å². The fourth-order valence-corrected chi connectivity index (χ4v) is 3.58. The molecular weight excluding hydrogens is 378 g/mol. The zero-order chi connectivity index (χ0) is 21.1. The highest BCUT2D eigenvalue weighted by Crippen LogP contribution is 2.42. The fourth-order valence-electron chi connectivity index (χ4n) is 3.58. The summed E-state index contributed by atoms with van der Waals surface area (Å²) in [4.78, 5) is 16.9. The number of nitrogens with one attached hydrogen (secondary N) is 2. The van der Waals surface area contributed by atoms with Crippen molar-refractivity contribution in [3.8, 4) is 22.6 Å². The van der Waals surface area contributed by atoms with Gasteiger partial charge in [-0.25, -0.2) is 0 Å². The molecule has 0 aliphatic carbocycles. The lowest BCUT2D eigenvalue weighted by molar-refractivity contribution is -0.110. The number of hydrogen-bond donors (Lipinski definition) is 2. The first kappa shape index (κ1) is 19.5. The molecule has 1 amide bonds. The second-order valence-corrected chi connectivity index (χ2v) is 6.86. The van der Waals surface area contributed by atoms with Crippen molar-refractivity contribution in [1.29, 1.82) is 0 Å². The van der Waals surface area contributed by atoms with Gasteiger partial charge in [-0.05, 0) is 41.8 Å². The normalized spacial score (nSPS) is 14.0. The van der Waals surface area contributed by atoms with Gasteiger partial charge >= 0.3 is 0 Å². The molecule has 0 saturated carbocycles. The molecule has 4 rings (SSSR count). The van der Waals surface area contributed by atoms with E-state index in [1.807, 2.05) is 55.6 Å². The predicted octanol–water partition coefficient (Wildman–Crippen LogP) is 4.95. The van der Waals surface area contributed by atoms with Crippen molar-refractivity contribution >= 4 is 22.9 Å². The maximum Gasteiger partial charge on any atom is 0.258 e. The zero-order valence-corrected chi connectivity index (χ0v) is 17.2. The molecule has 0 bridgehead atoms. The summed E-state index contributed by atoms with van der Waals surface area (Å²) in [5.74, 6) is 1.02. The number of carbonyl (C=O) groups excluding carboxylic acids is 1. The number of ether oxygens (including phenoxy) is 2. The molecule has 2 aromatic carbocycles. The summed E-state index contributed by atoms with van der Waals surface area (Å²) in [5.41, 5.74) is 6.02. The van der Waals surface area contributed by atoms with Gasteiger partial charge in [0.05, 0.1) is 25.5 Å². The average molecular weight is 401 g/mol. The molecule has 0 unspecified atom stereocenters. The molecule has 152 valence electrons. The van der Waals surface area contributed by atoms with Crippen molar-refractivity contribution in [1.82, 2.24) is 4.98 Å². The van der Waals surface area contributed by atoms with E-state index in [1.165, 1.54) is 0 Å². The molecule has 1 aliphatic heterocycles. The van der Waals surface area contributed by atoms with Crippen LogP contribution >= 0.6 is 0 Å². The van der Waals surface area contributed by atoms with Crippen molar-refractivity contribution in [3.05, 3.63) is 72.2 Å². The smallest absolute Gasteiger partial charge is 0.258 e. The van der Waals surface area contributed by atoms with Crippen LogP contribution in [0.5, 0.6) is 11.5 Å². The lowest BCUT2D eigenvalue weighted by Gasteiger charge is -2.14. The summed E-state index contributed by atoms with van der Waals surface area (Å²) in [6.45, 7) is 2.02. The highest BCUT2D eigenvalue weighted by molar-refractivity contribution is 6.32. The molecule has 6 heteroatoms. The molecule has 1 aromatic heterocycles. The van der Waals surface area contributed by atoms with E-state index in [1.54, 1.807) is 26.5 Å². The second-order valence-electron chi connectivity index (χ2n) is 6.86. The fraction of sp³-hybridized carbons (Fsp3) is 0.167. The van der Waals surface area contributed by atoms with Crippen molar-refractivity contribution in [2.24, 2.45) is 0 Å². The number of fused-ring (bicyclic) bond motifs is 1. The quantitative estimate of drug-likeness (QED) is 0.572. The van der Waals surface area contributed by atoms with Crippen molar-refractivity contribution in [2.75, 3.05) is 24.9 Å². The van der Waals surface area contributed by atoms with E-state index in [2.05, 4.69) is 15.6 Å². The van der Waals surface area contributed by atoms with E-state index in [0.717, 1.165) is 28.1 Å². The summed E-state index contributed by atoms with van der Waals surface area (Å²) in [5, 5.41) is 6.34. The predicted molar refractivity (Wildman–Crippen MR) is 119 cm³/mol. The van der Waals surface area contributed by atoms with Crippen LogP contribution in [-0.2, 0) is 4.79 Å². The molecule has 2 N–H and O–H groups in total. The standard InChI is InChI=1S/C24H23N3O3/c1-4-19(26-17-9-7-15(8-10-17)16-6-5-11-25-14-16)23-18-12-21(29-2)22(30-3)13-20(18)27-24(23)28/h5-14,26H,4H2,1-3H3,(H,27,28)/b23-19-. The maximum absolute atomic E-state index is 12.8. The number of methoxy groups -OCH3 is 2. The molecule has 0 fully saturated rings. The largest absolute Gasteiger partial charge is 0.493 e. The molecule has 0 atom stereocenters. The highest BCUT2D eigenvalue weighted by atomic mass is 16.5. The third kappa shape index (κ3) is 3.59. The second kappa shape index (κ2) is 8.29. The van der Waals surface area contributed by atoms with Gasteiger partial charge in [0.1, 0.15) is 0 Å². The Morgan fingerprint density at radius 1 is 1.03 bits per heavy atom. The number of pyridine rings is 1. The van der Waals surface area contributed by atoms with Gasteiger partial charge in [0.25, 0.3) is 5.91 Å². The van der Waals surface area contributed by atoms with Crippen molar-refractivity contribution in [2.45, 2.75) is 13.3 Å². The highest BCUT2D eigenvalue weighted by Gasteiger charge is 2.29. The Labute approximate surface area is 175 Å². The summed E-state index contributed by atoms with van der Waals surface area (Å²) in [6, 6.07) is 15.6. The molecular formula is C24H23N3O3. The van der Waals surface area contributed by atoms with E-state index >= 15 is 0 Å². The average Bonchev–Trinajstić information content (AvgIpc) is 3.12. The summed E-state index contributed by atoms with van der Waals surface area (Å²) < 4.78 is 10.8. The van der Waals surface area contributed by atoms with E-state index in [-0.39, 0.29) is 5.91 Å². The first-order chi connectivity index (χ1) is 14.6. The Morgan fingerprint density at radius 2 is 1.77 bits per heavy atom. The Bertz CT molecular complexity index is 1110. The van der Waals surface area contributed by atoms with Gasteiger partial charge in [-0.3, -0.25) is 9.78 Å². The first-order valence-electron chi connectivity index (χ1n) is 9.73. The maximum atomic E-state index is 12.8. The number of amides is 1. The number of aromatic nitrogens is 1. The van der Waals surface area contributed by atoms with Gasteiger partial charge in [0, 0.05) is 35.4 Å². The topological polar surface area (TPSA) is 72.5 Å². The van der Waals surface area contributed by atoms with Gasteiger partial charge in [0.2, 0.25) is 0 Å². The summed E-state index contributed by atoms with van der Waals surface area (Å²) >= 11 is 0. The number of nitrogens with zero attached hydrogens (tertiary/aromatic N) is 1. The van der Waals surface area contributed by atoms with Gasteiger partial charge < -0.3 is 20.1 Å². The SMILES string of the molecule is CC/C(Nc1ccc(-c2cccnc2)cc1)=C1/C(=O)Nc2cc(OC)c(OC)cc21. The molecule has 1 aliphatic rings. The number of carbonyl (C=O) groups is 1. The van der Waals surface area contributed by atoms with E-state index in [9.17, 15) is 4.79 Å². The molecule has 0 spiro atoms. The number of allylic oxidation sites excluding steroid dienone is 1. The minimum atomic E-state index is -0.142. The van der Waals surface area contributed by atoms with Gasteiger partial charge in [0.15, 0.2) is 11.5 Å². The Hall–Kier alpha value is -3.80. The lowest BCUT2D eigenvalue weighted by atomic mass is 10.0. The van der Waals surface area contributed by atoms with Crippen LogP contribution in [-0.4, -0.2) is 25.1 Å². The molecule has 3 aromatic rings. The number of rotatable bonds is 6. The molecule has 6 nitrogen and oxygen atoms in total.